The minimum Gasteiger partial charge on any atom is -0.381 e. The molecule has 1 unspecified atom stereocenters. The molecule has 3 N–H and O–H groups in total. The summed E-state index contributed by atoms with van der Waals surface area (Å²) in [6.07, 6.45) is 7.25. The van der Waals surface area contributed by atoms with Gasteiger partial charge in [-0.1, -0.05) is 12.8 Å². The second-order valence-electron chi connectivity index (χ2n) is 4.84. The quantitative estimate of drug-likeness (QED) is 0.633. The smallest absolute Gasteiger partial charge is 0.220 e. The van der Waals surface area contributed by atoms with Crippen LogP contribution in [0.5, 0.6) is 0 Å². The topological polar surface area (TPSA) is 64.4 Å². The minimum atomic E-state index is 0.184. The Morgan fingerprint density at radius 3 is 2.82 bits per heavy atom. The molecule has 1 heterocycles. The van der Waals surface area contributed by atoms with Crippen LogP contribution in [0.4, 0.5) is 0 Å². The van der Waals surface area contributed by atoms with Crippen LogP contribution in [-0.2, 0) is 9.53 Å². The predicted octanol–water partition coefficient (Wildman–Crippen LogP) is 1.44. The van der Waals surface area contributed by atoms with Crippen molar-refractivity contribution >= 4 is 5.91 Å². The Morgan fingerprint density at radius 2 is 2.12 bits per heavy atom. The van der Waals surface area contributed by atoms with Gasteiger partial charge in [-0.3, -0.25) is 4.79 Å². The van der Waals surface area contributed by atoms with Gasteiger partial charge in [-0.2, -0.15) is 0 Å². The lowest BCUT2D eigenvalue weighted by molar-refractivity contribution is -0.121. The molecule has 1 atom stereocenters. The molecular formula is C13H26N2O2. The number of nitrogens with one attached hydrogen (secondary N) is 1. The highest BCUT2D eigenvalue weighted by molar-refractivity contribution is 5.75. The van der Waals surface area contributed by atoms with Crippen LogP contribution in [0.25, 0.3) is 0 Å². The van der Waals surface area contributed by atoms with E-state index in [0.29, 0.717) is 12.3 Å². The molecule has 1 rings (SSSR count). The van der Waals surface area contributed by atoms with Gasteiger partial charge in [0.1, 0.15) is 0 Å². The van der Waals surface area contributed by atoms with Gasteiger partial charge < -0.3 is 15.8 Å². The summed E-state index contributed by atoms with van der Waals surface area (Å²) in [5.74, 6) is 0.702. The third kappa shape index (κ3) is 7.34. The van der Waals surface area contributed by atoms with Gasteiger partial charge in [0.05, 0.1) is 6.61 Å². The van der Waals surface area contributed by atoms with Crippen LogP contribution >= 0.6 is 0 Å². The third-order valence-corrected chi connectivity index (χ3v) is 3.20. The molecule has 4 nitrogen and oxygen atoms in total. The fourth-order valence-corrected chi connectivity index (χ4v) is 2.10. The summed E-state index contributed by atoms with van der Waals surface area (Å²) in [5, 5.41) is 3.00. The first-order valence-corrected chi connectivity index (χ1v) is 6.87. The van der Waals surface area contributed by atoms with E-state index in [0.717, 1.165) is 58.4 Å². The first-order chi connectivity index (χ1) is 8.33. The van der Waals surface area contributed by atoms with E-state index in [-0.39, 0.29) is 5.91 Å². The second-order valence-corrected chi connectivity index (χ2v) is 4.84. The van der Waals surface area contributed by atoms with Gasteiger partial charge in [0.15, 0.2) is 0 Å². The number of unbranched alkanes of at least 4 members (excludes halogenated alkanes) is 3. The molecule has 17 heavy (non-hydrogen) atoms. The van der Waals surface area contributed by atoms with E-state index in [9.17, 15) is 4.79 Å². The summed E-state index contributed by atoms with van der Waals surface area (Å²) in [4.78, 5) is 11.5. The number of rotatable bonds is 8. The summed E-state index contributed by atoms with van der Waals surface area (Å²) in [6, 6.07) is 0. The van der Waals surface area contributed by atoms with E-state index < -0.39 is 0 Å². The first-order valence-electron chi connectivity index (χ1n) is 6.87. The molecule has 4 heteroatoms. The van der Waals surface area contributed by atoms with Crippen molar-refractivity contribution in [3.8, 4) is 0 Å². The molecule has 1 amide bonds. The highest BCUT2D eigenvalue weighted by Crippen LogP contribution is 2.12. The Hall–Kier alpha value is -0.610. The molecule has 0 radical (unpaired) electrons. The van der Waals surface area contributed by atoms with Gasteiger partial charge in [0.2, 0.25) is 5.91 Å². The lowest BCUT2D eigenvalue weighted by Crippen LogP contribution is -2.33. The number of nitrogens with two attached hydrogens (primary N) is 1. The Balaban J connectivity index is 1.93. The van der Waals surface area contributed by atoms with Crippen molar-refractivity contribution in [2.75, 3.05) is 26.3 Å². The van der Waals surface area contributed by atoms with Gasteiger partial charge in [0, 0.05) is 19.6 Å². The first kappa shape index (κ1) is 14.5. The highest BCUT2D eigenvalue weighted by atomic mass is 16.5. The Kier molecular flexibility index (Phi) is 8.01. The molecule has 0 bridgehead atoms. The van der Waals surface area contributed by atoms with Crippen molar-refractivity contribution in [1.29, 1.82) is 0 Å². The largest absolute Gasteiger partial charge is 0.381 e. The monoisotopic (exact) mass is 242 g/mol. The number of ether oxygens (including phenoxy) is 1. The van der Waals surface area contributed by atoms with E-state index >= 15 is 0 Å². The SMILES string of the molecule is NCCCCCCC(=O)NCC1CCCOC1. The molecule has 0 spiro atoms. The van der Waals surface area contributed by atoms with Crippen molar-refractivity contribution < 1.29 is 9.53 Å². The molecule has 0 aromatic rings. The molecule has 0 aromatic heterocycles. The number of amides is 1. The van der Waals surface area contributed by atoms with Crippen LogP contribution in [-0.4, -0.2) is 32.2 Å². The summed E-state index contributed by atoms with van der Waals surface area (Å²) in [7, 11) is 0. The Bertz CT molecular complexity index is 204. The molecular weight excluding hydrogens is 216 g/mol. The van der Waals surface area contributed by atoms with Crippen molar-refractivity contribution in [3.05, 3.63) is 0 Å². The molecule has 0 aliphatic carbocycles. The Morgan fingerprint density at radius 1 is 1.29 bits per heavy atom. The van der Waals surface area contributed by atoms with Crippen LogP contribution in [0.2, 0.25) is 0 Å². The average Bonchev–Trinajstić information content (AvgIpc) is 2.37. The van der Waals surface area contributed by atoms with Gasteiger partial charge in [-0.15, -0.1) is 0 Å². The lowest BCUT2D eigenvalue weighted by Gasteiger charge is -2.22. The van der Waals surface area contributed by atoms with Crippen LogP contribution in [0, 0.1) is 5.92 Å². The van der Waals surface area contributed by atoms with E-state index in [2.05, 4.69) is 5.32 Å². The van der Waals surface area contributed by atoms with Crippen molar-refractivity contribution in [1.82, 2.24) is 5.32 Å². The molecule has 0 saturated carbocycles. The van der Waals surface area contributed by atoms with Crippen LogP contribution in [0.1, 0.15) is 44.9 Å². The summed E-state index contributed by atoms with van der Waals surface area (Å²) >= 11 is 0. The van der Waals surface area contributed by atoms with E-state index in [4.69, 9.17) is 10.5 Å². The van der Waals surface area contributed by atoms with E-state index in [1.165, 1.54) is 6.42 Å². The molecule has 100 valence electrons. The summed E-state index contributed by atoms with van der Waals surface area (Å²) in [5.41, 5.74) is 5.41. The molecule has 1 aliphatic rings. The van der Waals surface area contributed by atoms with Gasteiger partial charge >= 0.3 is 0 Å². The number of carbonyl (C=O) groups is 1. The van der Waals surface area contributed by atoms with Crippen molar-refractivity contribution in [2.45, 2.75) is 44.9 Å². The highest BCUT2D eigenvalue weighted by Gasteiger charge is 2.14. The van der Waals surface area contributed by atoms with Crippen LogP contribution in [0.15, 0.2) is 0 Å². The fraction of sp³-hybridized carbons (Fsp3) is 0.923. The number of hydrogen-bond acceptors (Lipinski definition) is 3. The lowest BCUT2D eigenvalue weighted by atomic mass is 10.0. The minimum absolute atomic E-state index is 0.184. The molecule has 1 fully saturated rings. The fourth-order valence-electron chi connectivity index (χ4n) is 2.10. The third-order valence-electron chi connectivity index (χ3n) is 3.20. The Labute approximate surface area is 104 Å². The summed E-state index contributed by atoms with van der Waals surface area (Å²) in [6.45, 7) is 3.22. The predicted molar refractivity (Wildman–Crippen MR) is 68.7 cm³/mol. The second kappa shape index (κ2) is 9.42. The van der Waals surface area contributed by atoms with E-state index in [1.807, 2.05) is 0 Å². The van der Waals surface area contributed by atoms with Gasteiger partial charge in [-0.05, 0) is 38.1 Å². The zero-order chi connectivity index (χ0) is 12.3. The standard InChI is InChI=1S/C13H26N2O2/c14-8-4-2-1-3-7-13(16)15-10-12-6-5-9-17-11-12/h12H,1-11,14H2,(H,15,16). The van der Waals surface area contributed by atoms with Crippen LogP contribution in [0.3, 0.4) is 0 Å². The van der Waals surface area contributed by atoms with E-state index in [1.54, 1.807) is 0 Å². The molecule has 1 aliphatic heterocycles. The number of hydrogen-bond donors (Lipinski definition) is 2. The zero-order valence-corrected chi connectivity index (χ0v) is 10.7. The van der Waals surface area contributed by atoms with Crippen LogP contribution < -0.4 is 11.1 Å². The maximum atomic E-state index is 11.5. The summed E-state index contributed by atoms with van der Waals surface area (Å²) < 4.78 is 5.38. The maximum Gasteiger partial charge on any atom is 0.220 e. The molecule has 0 aromatic carbocycles. The molecule has 1 saturated heterocycles. The van der Waals surface area contributed by atoms with Crippen molar-refractivity contribution in [2.24, 2.45) is 11.7 Å². The number of carbonyl (C=O) groups excluding carboxylic acids is 1. The van der Waals surface area contributed by atoms with Gasteiger partial charge in [-0.25, -0.2) is 0 Å². The maximum absolute atomic E-state index is 11.5. The van der Waals surface area contributed by atoms with Gasteiger partial charge in [0.25, 0.3) is 0 Å². The zero-order valence-electron chi connectivity index (χ0n) is 10.7. The van der Waals surface area contributed by atoms with Crippen molar-refractivity contribution in [3.63, 3.8) is 0 Å². The average molecular weight is 242 g/mol. The normalized spacial score (nSPS) is 20.2.